The number of carbonyl (C=O) groups is 1. The standard InChI is InChI=1S/C25H27F5N8O2/c1-2-15-11-16(3-4-17(15)24(39)33-7-10-40-9-5-31)35-22-23-34-12-19(38(23)8-6-32-22)18-13-37(14-20(26)27)36-21(18)25(28,29)30/h3-4,6,8,11-13,20H,2,5,7,9-10,14,31H2,1H3,(H,32,35)(H,33,39). The van der Waals surface area contributed by atoms with Crippen LogP contribution in [0, 0.1) is 0 Å². The van der Waals surface area contributed by atoms with Crippen LogP contribution in [-0.2, 0) is 23.9 Å². The number of hydrogen-bond donors (Lipinski definition) is 3. The van der Waals surface area contributed by atoms with Crippen LogP contribution in [0.2, 0.25) is 0 Å². The zero-order valence-electron chi connectivity index (χ0n) is 21.4. The third-order valence-corrected chi connectivity index (χ3v) is 5.85. The van der Waals surface area contributed by atoms with E-state index in [9.17, 15) is 26.7 Å². The number of amides is 1. The van der Waals surface area contributed by atoms with Gasteiger partial charge in [-0.1, -0.05) is 6.92 Å². The average molecular weight is 567 g/mol. The van der Waals surface area contributed by atoms with Crippen LogP contribution in [-0.4, -0.2) is 62.8 Å². The van der Waals surface area contributed by atoms with Crippen LogP contribution in [0.25, 0.3) is 16.9 Å². The van der Waals surface area contributed by atoms with Gasteiger partial charge in [-0.05, 0) is 30.2 Å². The van der Waals surface area contributed by atoms with Gasteiger partial charge in [0.15, 0.2) is 17.2 Å². The van der Waals surface area contributed by atoms with Gasteiger partial charge in [0.05, 0.1) is 30.7 Å². The molecule has 3 heterocycles. The highest BCUT2D eigenvalue weighted by Gasteiger charge is 2.38. The molecule has 0 bridgehead atoms. The first-order valence-electron chi connectivity index (χ1n) is 12.3. The zero-order valence-corrected chi connectivity index (χ0v) is 21.4. The number of nitrogens with one attached hydrogen (secondary N) is 2. The topological polar surface area (TPSA) is 124 Å². The quantitative estimate of drug-likeness (QED) is 0.176. The monoisotopic (exact) mass is 566 g/mol. The minimum Gasteiger partial charge on any atom is -0.378 e. The van der Waals surface area contributed by atoms with Crippen LogP contribution in [0.1, 0.15) is 28.5 Å². The van der Waals surface area contributed by atoms with Gasteiger partial charge in [-0.3, -0.25) is 13.9 Å². The number of benzene rings is 1. The Bertz CT molecular complexity index is 1470. The number of rotatable bonds is 12. The van der Waals surface area contributed by atoms with E-state index in [1.165, 1.54) is 23.0 Å². The Morgan fingerprint density at radius 3 is 2.70 bits per heavy atom. The van der Waals surface area contributed by atoms with Crippen molar-refractivity contribution in [3.8, 4) is 11.3 Å². The van der Waals surface area contributed by atoms with E-state index < -0.39 is 30.4 Å². The molecule has 0 spiro atoms. The van der Waals surface area contributed by atoms with E-state index in [0.29, 0.717) is 48.7 Å². The number of fused-ring (bicyclic) bond motifs is 1. The largest absolute Gasteiger partial charge is 0.435 e. The summed E-state index contributed by atoms with van der Waals surface area (Å²) in [6, 6.07) is 5.09. The highest BCUT2D eigenvalue weighted by Crippen LogP contribution is 2.37. The van der Waals surface area contributed by atoms with Crippen molar-refractivity contribution < 1.29 is 31.5 Å². The second-order valence-electron chi connectivity index (χ2n) is 8.62. The summed E-state index contributed by atoms with van der Waals surface area (Å²) in [5.74, 6) is -0.0238. The molecule has 4 N–H and O–H groups in total. The SMILES string of the molecule is CCc1cc(Nc2nccn3c(-c4cn(CC(F)F)nc4C(F)(F)F)cnc23)ccc1C(=O)NCCOCCN. The summed E-state index contributed by atoms with van der Waals surface area (Å²) in [5.41, 5.74) is 5.70. The van der Waals surface area contributed by atoms with Crippen LogP contribution in [0.4, 0.5) is 33.5 Å². The summed E-state index contributed by atoms with van der Waals surface area (Å²) in [4.78, 5) is 21.1. The van der Waals surface area contributed by atoms with Gasteiger partial charge in [0.2, 0.25) is 0 Å². The Morgan fingerprint density at radius 1 is 1.20 bits per heavy atom. The van der Waals surface area contributed by atoms with Gasteiger partial charge < -0.3 is 21.1 Å². The molecule has 0 saturated carbocycles. The number of nitrogens with zero attached hydrogens (tertiary/aromatic N) is 5. The third kappa shape index (κ3) is 6.54. The maximum absolute atomic E-state index is 13.7. The summed E-state index contributed by atoms with van der Waals surface area (Å²) in [7, 11) is 0. The first-order chi connectivity index (χ1) is 19.1. The summed E-state index contributed by atoms with van der Waals surface area (Å²) in [5, 5.41) is 9.23. The summed E-state index contributed by atoms with van der Waals surface area (Å²) < 4.78 is 73.9. The number of nitrogens with two attached hydrogens (primary N) is 1. The Balaban J connectivity index is 1.60. The Morgan fingerprint density at radius 2 is 2.00 bits per heavy atom. The van der Waals surface area contributed by atoms with Crippen molar-refractivity contribution in [2.24, 2.45) is 5.73 Å². The normalized spacial score (nSPS) is 11.9. The van der Waals surface area contributed by atoms with Gasteiger partial charge in [-0.25, -0.2) is 18.7 Å². The van der Waals surface area contributed by atoms with E-state index in [1.807, 2.05) is 6.92 Å². The fourth-order valence-electron chi connectivity index (χ4n) is 4.10. The van der Waals surface area contributed by atoms with Gasteiger partial charge in [0.1, 0.15) is 6.54 Å². The minimum absolute atomic E-state index is 0.00463. The molecule has 0 atom stereocenters. The highest BCUT2D eigenvalue weighted by atomic mass is 19.4. The second kappa shape index (κ2) is 12.4. The number of carbonyl (C=O) groups excluding carboxylic acids is 1. The first kappa shape index (κ1) is 28.9. The molecule has 15 heteroatoms. The summed E-state index contributed by atoms with van der Waals surface area (Å²) in [6.45, 7) is 2.38. The predicted molar refractivity (Wildman–Crippen MR) is 137 cm³/mol. The molecule has 1 amide bonds. The molecule has 3 aromatic heterocycles. The fourth-order valence-corrected chi connectivity index (χ4v) is 4.10. The van der Waals surface area contributed by atoms with Gasteiger partial charge in [-0.2, -0.15) is 18.3 Å². The second-order valence-corrected chi connectivity index (χ2v) is 8.62. The fraction of sp³-hybridized carbons (Fsp3) is 0.360. The Labute approximate surface area is 225 Å². The summed E-state index contributed by atoms with van der Waals surface area (Å²) in [6.07, 6.45) is -2.30. The Kier molecular flexibility index (Phi) is 8.94. The summed E-state index contributed by atoms with van der Waals surface area (Å²) >= 11 is 0. The molecule has 4 aromatic rings. The lowest BCUT2D eigenvalue weighted by molar-refractivity contribution is -0.141. The van der Waals surface area contributed by atoms with Gasteiger partial charge >= 0.3 is 6.18 Å². The molecule has 0 radical (unpaired) electrons. The molecule has 4 rings (SSSR count). The number of aromatic nitrogens is 5. The van der Waals surface area contributed by atoms with Crippen molar-refractivity contribution in [1.29, 1.82) is 0 Å². The lowest BCUT2D eigenvalue weighted by Crippen LogP contribution is -2.28. The van der Waals surface area contributed by atoms with Crippen LogP contribution in [0.5, 0.6) is 0 Å². The molecular formula is C25H27F5N8O2. The number of halogens is 5. The average Bonchev–Trinajstić information content (AvgIpc) is 3.52. The van der Waals surface area contributed by atoms with E-state index in [1.54, 1.807) is 18.2 Å². The molecule has 214 valence electrons. The van der Waals surface area contributed by atoms with Crippen molar-refractivity contribution in [1.82, 2.24) is 29.5 Å². The zero-order chi connectivity index (χ0) is 28.9. The van der Waals surface area contributed by atoms with Crippen molar-refractivity contribution in [2.45, 2.75) is 32.5 Å². The van der Waals surface area contributed by atoms with Crippen molar-refractivity contribution in [2.75, 3.05) is 31.6 Å². The van der Waals surface area contributed by atoms with Crippen LogP contribution in [0.3, 0.4) is 0 Å². The number of anilines is 2. The molecule has 0 saturated heterocycles. The van der Waals surface area contributed by atoms with Crippen LogP contribution >= 0.6 is 0 Å². The molecule has 1 aromatic carbocycles. The van der Waals surface area contributed by atoms with Gasteiger partial charge in [0.25, 0.3) is 12.3 Å². The van der Waals surface area contributed by atoms with Gasteiger partial charge in [0, 0.05) is 42.9 Å². The van der Waals surface area contributed by atoms with Crippen LogP contribution < -0.4 is 16.4 Å². The highest BCUT2D eigenvalue weighted by molar-refractivity contribution is 5.96. The number of ether oxygens (including phenoxy) is 1. The molecule has 0 fully saturated rings. The maximum atomic E-state index is 13.7. The van der Waals surface area contributed by atoms with Crippen molar-refractivity contribution >= 4 is 23.1 Å². The molecular weight excluding hydrogens is 539 g/mol. The lowest BCUT2D eigenvalue weighted by atomic mass is 10.0. The molecule has 10 nitrogen and oxygen atoms in total. The molecule has 0 unspecified atom stereocenters. The Hall–Kier alpha value is -4.11. The van der Waals surface area contributed by atoms with Gasteiger partial charge in [-0.15, -0.1) is 0 Å². The van der Waals surface area contributed by atoms with E-state index in [2.05, 4.69) is 25.7 Å². The molecule has 0 aliphatic heterocycles. The van der Waals surface area contributed by atoms with E-state index in [0.717, 1.165) is 11.8 Å². The van der Waals surface area contributed by atoms with Crippen molar-refractivity contribution in [3.63, 3.8) is 0 Å². The molecule has 0 aliphatic carbocycles. The van der Waals surface area contributed by atoms with E-state index in [4.69, 9.17) is 10.5 Å². The number of aryl methyl sites for hydroxylation is 1. The number of hydrogen-bond acceptors (Lipinski definition) is 7. The minimum atomic E-state index is -4.87. The first-order valence-corrected chi connectivity index (χ1v) is 12.3. The third-order valence-electron chi connectivity index (χ3n) is 5.85. The molecule has 0 aliphatic rings. The number of alkyl halides is 5. The predicted octanol–water partition coefficient (Wildman–Crippen LogP) is 3.89. The van der Waals surface area contributed by atoms with Crippen LogP contribution in [0.15, 0.2) is 43.0 Å². The smallest absolute Gasteiger partial charge is 0.378 e. The number of imidazole rings is 1. The van der Waals surface area contributed by atoms with Crippen molar-refractivity contribution in [3.05, 3.63) is 59.8 Å². The van der Waals surface area contributed by atoms with E-state index in [-0.39, 0.29) is 23.1 Å². The lowest BCUT2D eigenvalue weighted by Gasteiger charge is -2.13. The van der Waals surface area contributed by atoms with E-state index >= 15 is 0 Å². The molecule has 40 heavy (non-hydrogen) atoms. The maximum Gasteiger partial charge on any atom is 0.435 e.